The molecule has 2 aromatic heterocycles. The van der Waals surface area contributed by atoms with Crippen molar-refractivity contribution in [3.8, 4) is 27.4 Å². The SMILES string of the molecule is Cc1ccc(O)c(-c2cc(-c3cccs3)cc(NC3CCCC3)n2)c1. The van der Waals surface area contributed by atoms with Crippen LogP contribution in [-0.2, 0) is 0 Å². The Labute approximate surface area is 152 Å². The van der Waals surface area contributed by atoms with Crippen molar-refractivity contribution in [2.24, 2.45) is 0 Å². The first-order chi connectivity index (χ1) is 12.2. The number of phenolic OH excluding ortho intramolecular Hbond substituents is 1. The summed E-state index contributed by atoms with van der Waals surface area (Å²) < 4.78 is 0. The average Bonchev–Trinajstić information content (AvgIpc) is 3.30. The Balaban J connectivity index is 1.79. The number of hydrogen-bond acceptors (Lipinski definition) is 4. The molecule has 3 nitrogen and oxygen atoms in total. The van der Waals surface area contributed by atoms with E-state index in [4.69, 9.17) is 4.98 Å². The topological polar surface area (TPSA) is 45.1 Å². The molecule has 1 fully saturated rings. The highest BCUT2D eigenvalue weighted by Gasteiger charge is 2.17. The van der Waals surface area contributed by atoms with Crippen LogP contribution in [0.1, 0.15) is 31.2 Å². The van der Waals surface area contributed by atoms with Crippen LogP contribution in [0.4, 0.5) is 5.82 Å². The summed E-state index contributed by atoms with van der Waals surface area (Å²) in [5.74, 6) is 1.17. The number of pyridine rings is 1. The van der Waals surface area contributed by atoms with Gasteiger partial charge in [-0.1, -0.05) is 30.5 Å². The van der Waals surface area contributed by atoms with Gasteiger partial charge in [0.05, 0.1) is 5.69 Å². The summed E-state index contributed by atoms with van der Waals surface area (Å²) in [6.45, 7) is 2.03. The fourth-order valence-electron chi connectivity index (χ4n) is 3.46. The third kappa shape index (κ3) is 3.54. The second kappa shape index (κ2) is 6.89. The normalized spacial score (nSPS) is 14.8. The van der Waals surface area contributed by atoms with E-state index in [2.05, 4.69) is 35.0 Å². The maximum Gasteiger partial charge on any atom is 0.127 e. The zero-order chi connectivity index (χ0) is 17.2. The van der Waals surface area contributed by atoms with Crippen LogP contribution in [0.15, 0.2) is 47.8 Å². The van der Waals surface area contributed by atoms with Gasteiger partial charge in [0, 0.05) is 16.5 Å². The molecule has 0 aliphatic heterocycles. The number of thiophene rings is 1. The predicted molar refractivity (Wildman–Crippen MR) is 105 cm³/mol. The number of phenols is 1. The molecular formula is C21H22N2OS. The van der Waals surface area contributed by atoms with Gasteiger partial charge in [0.25, 0.3) is 0 Å². The Morgan fingerprint density at radius 3 is 2.72 bits per heavy atom. The fourth-order valence-corrected chi connectivity index (χ4v) is 4.18. The van der Waals surface area contributed by atoms with Crippen LogP contribution in [0.25, 0.3) is 21.7 Å². The molecular weight excluding hydrogens is 328 g/mol. The molecule has 2 heterocycles. The number of hydrogen-bond donors (Lipinski definition) is 2. The summed E-state index contributed by atoms with van der Waals surface area (Å²) in [6.07, 6.45) is 4.98. The maximum absolute atomic E-state index is 10.3. The minimum absolute atomic E-state index is 0.272. The van der Waals surface area contributed by atoms with Crippen LogP contribution in [-0.4, -0.2) is 16.1 Å². The second-order valence-corrected chi connectivity index (χ2v) is 7.70. The number of nitrogens with zero attached hydrogens (tertiary/aromatic N) is 1. The largest absolute Gasteiger partial charge is 0.507 e. The van der Waals surface area contributed by atoms with E-state index in [1.807, 2.05) is 19.1 Å². The summed E-state index contributed by atoms with van der Waals surface area (Å²) >= 11 is 1.72. The summed E-state index contributed by atoms with van der Waals surface area (Å²) in [5, 5.41) is 16.0. The van der Waals surface area contributed by atoms with Gasteiger partial charge in [0.2, 0.25) is 0 Å². The van der Waals surface area contributed by atoms with Crippen LogP contribution >= 0.6 is 11.3 Å². The molecule has 1 aliphatic rings. The minimum atomic E-state index is 0.272. The molecule has 0 amide bonds. The Morgan fingerprint density at radius 2 is 1.96 bits per heavy atom. The van der Waals surface area contributed by atoms with Crippen molar-refractivity contribution in [1.29, 1.82) is 0 Å². The molecule has 2 N–H and O–H groups in total. The third-order valence-electron chi connectivity index (χ3n) is 4.77. The Morgan fingerprint density at radius 1 is 1.12 bits per heavy atom. The van der Waals surface area contributed by atoms with E-state index in [0.29, 0.717) is 6.04 Å². The van der Waals surface area contributed by atoms with Gasteiger partial charge in [-0.15, -0.1) is 11.3 Å². The van der Waals surface area contributed by atoms with Gasteiger partial charge in [0.15, 0.2) is 0 Å². The molecule has 128 valence electrons. The quantitative estimate of drug-likeness (QED) is 0.621. The molecule has 4 rings (SSSR count). The molecule has 3 aromatic rings. The molecule has 1 aromatic carbocycles. The average molecular weight is 350 g/mol. The standard InChI is InChI=1S/C21H22N2OS/c1-14-8-9-19(24)17(11-14)18-12-15(20-7-4-10-25-20)13-21(23-18)22-16-5-2-3-6-16/h4,7-13,16,24H,2-3,5-6H2,1H3,(H,22,23). The molecule has 0 radical (unpaired) electrons. The van der Waals surface area contributed by atoms with E-state index in [1.54, 1.807) is 17.4 Å². The lowest BCUT2D eigenvalue weighted by Gasteiger charge is -2.15. The summed E-state index contributed by atoms with van der Waals surface area (Å²) in [5.41, 5.74) is 3.85. The Kier molecular flexibility index (Phi) is 4.45. The van der Waals surface area contributed by atoms with Gasteiger partial charge >= 0.3 is 0 Å². The highest BCUT2D eigenvalue weighted by molar-refractivity contribution is 7.13. The van der Waals surface area contributed by atoms with Crippen molar-refractivity contribution in [1.82, 2.24) is 4.98 Å². The van der Waals surface area contributed by atoms with E-state index in [1.165, 1.54) is 30.6 Å². The molecule has 4 heteroatoms. The third-order valence-corrected chi connectivity index (χ3v) is 5.69. The van der Waals surface area contributed by atoms with Crippen LogP contribution in [0, 0.1) is 6.92 Å². The van der Waals surface area contributed by atoms with Gasteiger partial charge in [0.1, 0.15) is 11.6 Å². The number of rotatable bonds is 4. The van der Waals surface area contributed by atoms with Crippen LogP contribution in [0.5, 0.6) is 5.75 Å². The summed E-state index contributed by atoms with van der Waals surface area (Å²) in [7, 11) is 0. The molecule has 0 unspecified atom stereocenters. The van der Waals surface area contributed by atoms with E-state index in [0.717, 1.165) is 28.2 Å². The Hall–Kier alpha value is -2.33. The number of aromatic hydroxyl groups is 1. The lowest BCUT2D eigenvalue weighted by atomic mass is 10.0. The first-order valence-corrected chi connectivity index (χ1v) is 9.69. The maximum atomic E-state index is 10.3. The highest BCUT2D eigenvalue weighted by Crippen LogP contribution is 2.35. The lowest BCUT2D eigenvalue weighted by molar-refractivity contribution is 0.477. The lowest BCUT2D eigenvalue weighted by Crippen LogP contribution is -2.15. The number of aryl methyl sites for hydroxylation is 1. The van der Waals surface area contributed by atoms with E-state index in [9.17, 15) is 5.11 Å². The number of benzene rings is 1. The zero-order valence-corrected chi connectivity index (χ0v) is 15.1. The van der Waals surface area contributed by atoms with E-state index in [-0.39, 0.29) is 5.75 Å². The second-order valence-electron chi connectivity index (χ2n) is 6.75. The van der Waals surface area contributed by atoms with Gasteiger partial charge in [-0.25, -0.2) is 4.98 Å². The van der Waals surface area contributed by atoms with Gasteiger partial charge < -0.3 is 10.4 Å². The monoisotopic (exact) mass is 350 g/mol. The minimum Gasteiger partial charge on any atom is -0.507 e. The zero-order valence-electron chi connectivity index (χ0n) is 14.3. The van der Waals surface area contributed by atoms with Gasteiger partial charge in [-0.05, 0) is 61.0 Å². The molecule has 1 aliphatic carbocycles. The van der Waals surface area contributed by atoms with Gasteiger partial charge in [-0.3, -0.25) is 0 Å². The van der Waals surface area contributed by atoms with Crippen LogP contribution in [0.3, 0.4) is 0 Å². The van der Waals surface area contributed by atoms with Gasteiger partial charge in [-0.2, -0.15) is 0 Å². The summed E-state index contributed by atoms with van der Waals surface area (Å²) in [6, 6.07) is 14.5. The van der Waals surface area contributed by atoms with E-state index < -0.39 is 0 Å². The summed E-state index contributed by atoms with van der Waals surface area (Å²) in [4.78, 5) is 6.03. The molecule has 0 bridgehead atoms. The number of nitrogens with one attached hydrogen (secondary N) is 1. The smallest absolute Gasteiger partial charge is 0.127 e. The number of aromatic nitrogens is 1. The van der Waals surface area contributed by atoms with Crippen molar-refractivity contribution in [2.45, 2.75) is 38.6 Å². The first-order valence-electron chi connectivity index (χ1n) is 8.81. The van der Waals surface area contributed by atoms with Crippen molar-refractivity contribution in [2.75, 3.05) is 5.32 Å². The number of anilines is 1. The molecule has 0 spiro atoms. The molecule has 0 atom stereocenters. The van der Waals surface area contributed by atoms with Crippen molar-refractivity contribution >= 4 is 17.2 Å². The Bertz CT molecular complexity index is 868. The van der Waals surface area contributed by atoms with Crippen LogP contribution < -0.4 is 5.32 Å². The highest BCUT2D eigenvalue weighted by atomic mass is 32.1. The van der Waals surface area contributed by atoms with Crippen molar-refractivity contribution in [3.05, 3.63) is 53.4 Å². The molecule has 1 saturated carbocycles. The van der Waals surface area contributed by atoms with Crippen molar-refractivity contribution in [3.63, 3.8) is 0 Å². The fraction of sp³-hybridized carbons (Fsp3) is 0.286. The van der Waals surface area contributed by atoms with Crippen molar-refractivity contribution < 1.29 is 5.11 Å². The first kappa shape index (κ1) is 16.2. The predicted octanol–water partition coefficient (Wildman–Crippen LogP) is 5.85. The van der Waals surface area contributed by atoms with Crippen LogP contribution in [0.2, 0.25) is 0 Å². The molecule has 25 heavy (non-hydrogen) atoms. The van der Waals surface area contributed by atoms with E-state index >= 15 is 0 Å². The molecule has 0 saturated heterocycles.